The minimum absolute atomic E-state index is 0.179. The van der Waals surface area contributed by atoms with Crippen molar-refractivity contribution in [3.05, 3.63) is 83.2 Å². The number of fused-ring (bicyclic) bond motifs is 1. The lowest BCUT2D eigenvalue weighted by Crippen LogP contribution is -2.24. The Morgan fingerprint density at radius 3 is 2.43 bits per heavy atom. The van der Waals surface area contributed by atoms with Crippen LogP contribution in [-0.4, -0.2) is 58.0 Å². The summed E-state index contributed by atoms with van der Waals surface area (Å²) >= 11 is 0. The predicted molar refractivity (Wildman–Crippen MR) is 135 cm³/mol. The molecule has 0 aliphatic heterocycles. The second-order valence-corrected chi connectivity index (χ2v) is 8.45. The number of nitrogens with one attached hydrogen (secondary N) is 1. The van der Waals surface area contributed by atoms with Crippen LogP contribution < -0.4 is 10.9 Å². The summed E-state index contributed by atoms with van der Waals surface area (Å²) in [5.74, 6) is 0. The van der Waals surface area contributed by atoms with Crippen molar-refractivity contribution in [3.63, 3.8) is 0 Å². The van der Waals surface area contributed by atoms with E-state index in [1.807, 2.05) is 44.4 Å². The molecule has 0 fully saturated rings. The zero-order valence-electron chi connectivity index (χ0n) is 19.8. The average Bonchev–Trinajstić information content (AvgIpc) is 2.87. The SMILES string of the molecule is CN(C)CCCCOC(=O)Nc1ccc(Cn2nc(-c3cncnc3)c3ccccc3c2=O)cc1. The maximum atomic E-state index is 13.1. The number of nitrogens with zero attached hydrogens (tertiary/aromatic N) is 5. The van der Waals surface area contributed by atoms with Gasteiger partial charge in [-0.1, -0.05) is 30.3 Å². The van der Waals surface area contributed by atoms with Gasteiger partial charge in [0.05, 0.1) is 18.5 Å². The summed E-state index contributed by atoms with van der Waals surface area (Å²) in [6, 6.07) is 14.6. The van der Waals surface area contributed by atoms with Crippen LogP contribution in [0.1, 0.15) is 18.4 Å². The number of anilines is 1. The zero-order valence-corrected chi connectivity index (χ0v) is 19.8. The van der Waals surface area contributed by atoms with E-state index in [-0.39, 0.29) is 12.1 Å². The fourth-order valence-electron chi connectivity index (χ4n) is 3.69. The molecular weight excluding hydrogens is 444 g/mol. The van der Waals surface area contributed by atoms with Gasteiger partial charge in [-0.05, 0) is 57.2 Å². The van der Waals surface area contributed by atoms with Crippen LogP contribution in [0, 0.1) is 0 Å². The molecule has 4 aromatic rings. The van der Waals surface area contributed by atoms with E-state index in [0.717, 1.165) is 35.9 Å². The number of carbonyl (C=O) groups excluding carboxylic acids is 1. The van der Waals surface area contributed by atoms with Crippen molar-refractivity contribution in [2.45, 2.75) is 19.4 Å². The molecule has 9 nitrogen and oxygen atoms in total. The van der Waals surface area contributed by atoms with Crippen molar-refractivity contribution in [3.8, 4) is 11.3 Å². The highest BCUT2D eigenvalue weighted by molar-refractivity contribution is 5.93. The number of hydrogen-bond donors (Lipinski definition) is 1. The van der Waals surface area contributed by atoms with Crippen molar-refractivity contribution in [1.29, 1.82) is 0 Å². The minimum Gasteiger partial charge on any atom is -0.449 e. The first-order valence-electron chi connectivity index (χ1n) is 11.4. The van der Waals surface area contributed by atoms with Crippen molar-refractivity contribution >= 4 is 22.6 Å². The van der Waals surface area contributed by atoms with Gasteiger partial charge >= 0.3 is 6.09 Å². The molecule has 4 rings (SSSR count). The average molecular weight is 473 g/mol. The van der Waals surface area contributed by atoms with Crippen LogP contribution in [0.25, 0.3) is 22.0 Å². The van der Waals surface area contributed by atoms with Crippen molar-refractivity contribution in [2.24, 2.45) is 0 Å². The molecular formula is C26H28N6O3. The van der Waals surface area contributed by atoms with E-state index >= 15 is 0 Å². The Morgan fingerprint density at radius 1 is 1.00 bits per heavy atom. The highest BCUT2D eigenvalue weighted by atomic mass is 16.5. The van der Waals surface area contributed by atoms with E-state index in [0.29, 0.717) is 23.4 Å². The second kappa shape index (κ2) is 11.3. The zero-order chi connectivity index (χ0) is 24.6. The molecule has 0 aliphatic rings. The van der Waals surface area contributed by atoms with Gasteiger partial charge in [0.15, 0.2) is 0 Å². The van der Waals surface area contributed by atoms with Gasteiger partial charge in [-0.25, -0.2) is 19.4 Å². The molecule has 0 aliphatic carbocycles. The van der Waals surface area contributed by atoms with Gasteiger partial charge in [-0.15, -0.1) is 0 Å². The normalized spacial score (nSPS) is 11.1. The van der Waals surface area contributed by atoms with E-state index in [2.05, 4.69) is 25.3 Å². The number of carbonyl (C=O) groups is 1. The summed E-state index contributed by atoms with van der Waals surface area (Å²) in [7, 11) is 4.03. The summed E-state index contributed by atoms with van der Waals surface area (Å²) in [6.45, 7) is 1.62. The Kier molecular flexibility index (Phi) is 7.79. The summed E-state index contributed by atoms with van der Waals surface area (Å²) < 4.78 is 6.67. The van der Waals surface area contributed by atoms with Crippen LogP contribution in [0.4, 0.5) is 10.5 Å². The number of ether oxygens (including phenoxy) is 1. The summed E-state index contributed by atoms with van der Waals surface area (Å²) in [5.41, 5.74) is 2.69. The first-order valence-corrected chi connectivity index (χ1v) is 11.4. The molecule has 1 N–H and O–H groups in total. The smallest absolute Gasteiger partial charge is 0.411 e. The second-order valence-electron chi connectivity index (χ2n) is 8.45. The Hall–Kier alpha value is -4.11. The molecule has 2 aromatic heterocycles. The van der Waals surface area contributed by atoms with E-state index < -0.39 is 6.09 Å². The standard InChI is InChI=1S/C26H28N6O3/c1-31(2)13-5-6-14-35-26(34)29-21-11-9-19(10-12-21)17-32-25(33)23-8-4-3-7-22(23)24(30-32)20-15-27-18-28-16-20/h3-4,7-12,15-16,18H,5-6,13-14,17H2,1-2H3,(H,29,34). The van der Waals surface area contributed by atoms with Crippen LogP contribution >= 0.6 is 0 Å². The summed E-state index contributed by atoms with van der Waals surface area (Å²) in [4.78, 5) is 35.4. The van der Waals surface area contributed by atoms with Gasteiger partial charge in [-0.3, -0.25) is 10.1 Å². The van der Waals surface area contributed by atoms with Crippen LogP contribution in [-0.2, 0) is 11.3 Å². The molecule has 180 valence electrons. The monoisotopic (exact) mass is 472 g/mol. The predicted octanol–water partition coefficient (Wildman–Crippen LogP) is 3.79. The molecule has 0 saturated heterocycles. The molecule has 35 heavy (non-hydrogen) atoms. The summed E-state index contributed by atoms with van der Waals surface area (Å²) in [5, 5.41) is 8.69. The van der Waals surface area contributed by atoms with E-state index in [1.54, 1.807) is 30.6 Å². The maximum Gasteiger partial charge on any atom is 0.411 e. The van der Waals surface area contributed by atoms with Crippen molar-refractivity contribution in [2.75, 3.05) is 32.6 Å². The van der Waals surface area contributed by atoms with Gasteiger partial charge in [0.2, 0.25) is 0 Å². The van der Waals surface area contributed by atoms with Crippen LogP contribution in [0.15, 0.2) is 72.0 Å². The van der Waals surface area contributed by atoms with Gasteiger partial charge in [0, 0.05) is 29.0 Å². The van der Waals surface area contributed by atoms with Crippen LogP contribution in [0.3, 0.4) is 0 Å². The number of amides is 1. The van der Waals surface area contributed by atoms with Gasteiger partial charge < -0.3 is 9.64 Å². The summed E-state index contributed by atoms with van der Waals surface area (Å²) in [6.07, 6.45) is 6.12. The fraction of sp³-hybridized carbons (Fsp3) is 0.269. The number of aromatic nitrogens is 4. The largest absolute Gasteiger partial charge is 0.449 e. The maximum absolute atomic E-state index is 13.1. The molecule has 0 radical (unpaired) electrons. The van der Waals surface area contributed by atoms with Gasteiger partial charge in [-0.2, -0.15) is 5.10 Å². The van der Waals surface area contributed by atoms with E-state index in [9.17, 15) is 9.59 Å². The molecule has 0 atom stereocenters. The van der Waals surface area contributed by atoms with E-state index in [1.165, 1.54) is 11.0 Å². The minimum atomic E-state index is -0.482. The van der Waals surface area contributed by atoms with Crippen molar-refractivity contribution in [1.82, 2.24) is 24.6 Å². The highest BCUT2D eigenvalue weighted by Crippen LogP contribution is 2.23. The van der Waals surface area contributed by atoms with E-state index in [4.69, 9.17) is 4.74 Å². The fourth-order valence-corrected chi connectivity index (χ4v) is 3.69. The molecule has 0 bridgehead atoms. The molecule has 0 saturated carbocycles. The number of benzene rings is 2. The van der Waals surface area contributed by atoms with Gasteiger partial charge in [0.25, 0.3) is 5.56 Å². The Labute approximate surface area is 203 Å². The third kappa shape index (κ3) is 6.27. The lowest BCUT2D eigenvalue weighted by atomic mass is 10.1. The topological polar surface area (TPSA) is 102 Å². The van der Waals surface area contributed by atoms with Crippen LogP contribution in [0.5, 0.6) is 0 Å². The Morgan fingerprint density at radius 2 is 1.71 bits per heavy atom. The number of unbranched alkanes of at least 4 members (excludes halogenated alkanes) is 1. The highest BCUT2D eigenvalue weighted by Gasteiger charge is 2.13. The Bertz CT molecular complexity index is 1340. The third-order valence-electron chi connectivity index (χ3n) is 5.47. The molecule has 9 heteroatoms. The molecule has 2 aromatic carbocycles. The molecule has 1 amide bonds. The number of rotatable bonds is 9. The Balaban J connectivity index is 1.46. The third-order valence-corrected chi connectivity index (χ3v) is 5.47. The number of hydrogen-bond acceptors (Lipinski definition) is 7. The van der Waals surface area contributed by atoms with Crippen molar-refractivity contribution < 1.29 is 9.53 Å². The molecule has 2 heterocycles. The molecule has 0 spiro atoms. The lowest BCUT2D eigenvalue weighted by Gasteiger charge is -2.12. The quantitative estimate of drug-likeness (QED) is 0.370. The first-order chi connectivity index (χ1) is 17.0. The van der Waals surface area contributed by atoms with Crippen LogP contribution in [0.2, 0.25) is 0 Å². The molecule has 0 unspecified atom stereocenters. The lowest BCUT2D eigenvalue weighted by molar-refractivity contribution is 0.158. The first kappa shape index (κ1) is 24.0. The van der Waals surface area contributed by atoms with Gasteiger partial charge in [0.1, 0.15) is 12.0 Å².